The van der Waals surface area contributed by atoms with Crippen LogP contribution in [-0.4, -0.2) is 19.1 Å². The number of aromatic nitrogens is 4. The van der Waals surface area contributed by atoms with E-state index >= 15 is 0 Å². The number of benzene rings is 7. The molecule has 50 heavy (non-hydrogen) atoms. The van der Waals surface area contributed by atoms with Crippen molar-refractivity contribution in [2.75, 3.05) is 0 Å². The summed E-state index contributed by atoms with van der Waals surface area (Å²) in [6, 6.07) is 64.2. The quantitative estimate of drug-likeness (QED) is 0.188. The molecule has 0 aliphatic rings. The molecule has 10 aromatic rings. The summed E-state index contributed by atoms with van der Waals surface area (Å²) in [5.74, 6) is 1.53. The van der Waals surface area contributed by atoms with Crippen LogP contribution in [-0.2, 0) is 0 Å². The van der Waals surface area contributed by atoms with Gasteiger partial charge in [0.1, 0.15) is 5.82 Å². The van der Waals surface area contributed by atoms with E-state index in [2.05, 4.69) is 167 Å². The van der Waals surface area contributed by atoms with Crippen molar-refractivity contribution < 1.29 is 0 Å². The number of nitrogens with zero attached hydrogens (tertiary/aromatic N) is 4. The highest BCUT2D eigenvalue weighted by Gasteiger charge is 2.22. The second-order valence-electron chi connectivity index (χ2n) is 12.6. The summed E-state index contributed by atoms with van der Waals surface area (Å²) in [7, 11) is 0. The van der Waals surface area contributed by atoms with E-state index in [0.29, 0.717) is 5.82 Å². The zero-order valence-electron chi connectivity index (χ0n) is 27.1. The Morgan fingerprint density at radius 1 is 0.360 bits per heavy atom. The molecule has 10 rings (SSSR count). The molecule has 4 nitrogen and oxygen atoms in total. The van der Waals surface area contributed by atoms with Crippen LogP contribution in [0.5, 0.6) is 0 Å². The number of rotatable bonds is 5. The van der Waals surface area contributed by atoms with Gasteiger partial charge in [-0.05, 0) is 41.5 Å². The molecule has 234 valence electrons. The van der Waals surface area contributed by atoms with Crippen LogP contribution < -0.4 is 0 Å². The van der Waals surface area contributed by atoms with Gasteiger partial charge in [0.15, 0.2) is 5.82 Å². The summed E-state index contributed by atoms with van der Waals surface area (Å²) >= 11 is 0. The number of hydrogen-bond acceptors (Lipinski definition) is 2. The van der Waals surface area contributed by atoms with Crippen molar-refractivity contribution >= 4 is 43.6 Å². The molecule has 0 saturated carbocycles. The molecule has 3 aromatic heterocycles. The second kappa shape index (κ2) is 11.4. The Labute approximate surface area is 289 Å². The maximum Gasteiger partial charge on any atom is 0.162 e. The maximum atomic E-state index is 5.27. The van der Waals surface area contributed by atoms with Crippen LogP contribution >= 0.6 is 0 Å². The summed E-state index contributed by atoms with van der Waals surface area (Å²) in [6.45, 7) is 0. The van der Waals surface area contributed by atoms with Crippen molar-refractivity contribution in [1.29, 1.82) is 0 Å². The van der Waals surface area contributed by atoms with Gasteiger partial charge in [0.2, 0.25) is 0 Å². The molecule has 7 aromatic carbocycles. The van der Waals surface area contributed by atoms with Crippen molar-refractivity contribution in [3.05, 3.63) is 182 Å². The lowest BCUT2D eigenvalue weighted by molar-refractivity contribution is 1.05. The molecule has 4 heteroatoms. The van der Waals surface area contributed by atoms with E-state index in [0.717, 1.165) is 39.4 Å². The van der Waals surface area contributed by atoms with Gasteiger partial charge in [-0.25, -0.2) is 9.97 Å². The van der Waals surface area contributed by atoms with E-state index < -0.39 is 0 Å². The summed E-state index contributed by atoms with van der Waals surface area (Å²) in [6.07, 6.45) is 0. The Morgan fingerprint density at radius 2 is 0.960 bits per heavy atom. The molecule has 0 N–H and O–H groups in total. The minimum Gasteiger partial charge on any atom is -0.309 e. The molecule has 0 radical (unpaired) electrons. The zero-order valence-corrected chi connectivity index (χ0v) is 27.1. The lowest BCUT2D eigenvalue weighted by atomic mass is 10.0. The van der Waals surface area contributed by atoms with E-state index in [1.165, 1.54) is 43.7 Å². The lowest BCUT2D eigenvalue weighted by Gasteiger charge is -2.13. The average molecular weight is 639 g/mol. The van der Waals surface area contributed by atoms with Gasteiger partial charge in [-0.2, -0.15) is 0 Å². The van der Waals surface area contributed by atoms with Crippen LogP contribution in [0.4, 0.5) is 0 Å². The Morgan fingerprint density at radius 3 is 1.70 bits per heavy atom. The third kappa shape index (κ3) is 4.46. The summed E-state index contributed by atoms with van der Waals surface area (Å²) in [4.78, 5) is 10.3. The third-order valence-corrected chi connectivity index (χ3v) is 9.72. The van der Waals surface area contributed by atoms with Gasteiger partial charge >= 0.3 is 0 Å². The minimum atomic E-state index is 0.695. The fourth-order valence-electron chi connectivity index (χ4n) is 7.50. The van der Waals surface area contributed by atoms with E-state index in [1.54, 1.807) is 0 Å². The number of hydrogen-bond donors (Lipinski definition) is 0. The molecule has 0 fully saturated rings. The van der Waals surface area contributed by atoms with Crippen LogP contribution in [0, 0.1) is 0 Å². The van der Waals surface area contributed by atoms with E-state index in [-0.39, 0.29) is 0 Å². The van der Waals surface area contributed by atoms with E-state index in [9.17, 15) is 0 Å². The largest absolute Gasteiger partial charge is 0.309 e. The number of fused-ring (bicyclic) bond motifs is 7. The van der Waals surface area contributed by atoms with Crippen LogP contribution in [0.15, 0.2) is 182 Å². The van der Waals surface area contributed by atoms with Gasteiger partial charge in [0.05, 0.1) is 27.8 Å². The second-order valence-corrected chi connectivity index (χ2v) is 12.6. The zero-order chi connectivity index (χ0) is 33.0. The highest BCUT2D eigenvalue weighted by atomic mass is 15.1. The Bertz CT molecular complexity index is 2790. The van der Waals surface area contributed by atoms with Crippen LogP contribution in [0.25, 0.3) is 88.9 Å². The van der Waals surface area contributed by atoms with Crippen molar-refractivity contribution in [2.24, 2.45) is 0 Å². The average Bonchev–Trinajstić information content (AvgIpc) is 3.72. The van der Waals surface area contributed by atoms with E-state index in [1.807, 2.05) is 24.3 Å². The lowest BCUT2D eigenvalue weighted by Crippen LogP contribution is -2.02. The topological polar surface area (TPSA) is 35.6 Å². The first-order chi connectivity index (χ1) is 24.8. The van der Waals surface area contributed by atoms with Crippen molar-refractivity contribution in [1.82, 2.24) is 19.1 Å². The fraction of sp³-hybridized carbons (Fsp3) is 0. The molecule has 0 aliphatic heterocycles. The summed E-state index contributed by atoms with van der Waals surface area (Å²) in [5.41, 5.74) is 11.0. The van der Waals surface area contributed by atoms with Crippen molar-refractivity contribution in [3.63, 3.8) is 0 Å². The van der Waals surface area contributed by atoms with Gasteiger partial charge in [0, 0.05) is 44.4 Å². The van der Waals surface area contributed by atoms with Gasteiger partial charge < -0.3 is 4.57 Å². The molecule has 0 bridgehead atoms. The van der Waals surface area contributed by atoms with Gasteiger partial charge in [-0.15, -0.1) is 0 Å². The molecule has 0 unspecified atom stereocenters. The first-order valence-corrected chi connectivity index (χ1v) is 16.9. The van der Waals surface area contributed by atoms with Crippen LogP contribution in [0.3, 0.4) is 0 Å². The highest BCUT2D eigenvalue weighted by molar-refractivity contribution is 6.26. The first kappa shape index (κ1) is 28.3. The molecule has 0 atom stereocenters. The fourth-order valence-corrected chi connectivity index (χ4v) is 7.50. The Balaban J connectivity index is 1.31. The summed E-state index contributed by atoms with van der Waals surface area (Å²) < 4.78 is 4.76. The highest BCUT2D eigenvalue weighted by Crippen LogP contribution is 2.42. The van der Waals surface area contributed by atoms with Crippen molar-refractivity contribution in [3.8, 4) is 45.3 Å². The summed E-state index contributed by atoms with van der Waals surface area (Å²) in [5, 5.41) is 4.82. The van der Waals surface area contributed by atoms with Gasteiger partial charge in [-0.1, -0.05) is 146 Å². The van der Waals surface area contributed by atoms with E-state index in [4.69, 9.17) is 9.97 Å². The van der Waals surface area contributed by atoms with Crippen molar-refractivity contribution in [2.45, 2.75) is 0 Å². The molecule has 0 spiro atoms. The normalized spacial score (nSPS) is 11.6. The SMILES string of the molecule is c1ccc(-c2cccc(-n3c4ccccc4c4ccc5c(c6ccccc6n5-c5cc(-c6ccccc6)nc(-c6ccccc6)n5)c43)c2)cc1. The Kier molecular flexibility index (Phi) is 6.46. The molecular weight excluding hydrogens is 609 g/mol. The van der Waals surface area contributed by atoms with Gasteiger partial charge in [-0.3, -0.25) is 4.57 Å². The predicted octanol–water partition coefficient (Wildman–Crippen LogP) is 11.7. The molecular formula is C46H30N4. The predicted molar refractivity (Wildman–Crippen MR) is 207 cm³/mol. The maximum absolute atomic E-state index is 5.27. The molecule has 0 amide bonds. The molecule has 0 saturated heterocycles. The van der Waals surface area contributed by atoms with Gasteiger partial charge in [0.25, 0.3) is 0 Å². The monoisotopic (exact) mass is 638 g/mol. The minimum absolute atomic E-state index is 0.695. The third-order valence-electron chi connectivity index (χ3n) is 9.72. The Hall–Kier alpha value is -6.78. The molecule has 0 aliphatic carbocycles. The smallest absolute Gasteiger partial charge is 0.162 e. The first-order valence-electron chi connectivity index (χ1n) is 16.9. The number of para-hydroxylation sites is 2. The van der Waals surface area contributed by atoms with Crippen LogP contribution in [0.2, 0.25) is 0 Å². The van der Waals surface area contributed by atoms with Crippen LogP contribution in [0.1, 0.15) is 0 Å². The molecule has 3 heterocycles. The standard InChI is InChI=1S/C46H30N4/c1-4-15-31(16-5-1)34-21-14-22-35(29-34)49-40-25-12-10-23-36(40)37-27-28-42-44(45(37)49)38-24-11-13-26-41(38)50(42)43-30-39(32-17-6-2-7-18-32)47-46(48-43)33-19-8-3-9-20-33/h1-30H.